The maximum absolute atomic E-state index is 11.8. The van der Waals surface area contributed by atoms with Crippen molar-refractivity contribution in [1.29, 1.82) is 0 Å². The van der Waals surface area contributed by atoms with Crippen LogP contribution in [0.1, 0.15) is 29.8 Å². The highest BCUT2D eigenvalue weighted by Gasteiger charge is 2.14. The van der Waals surface area contributed by atoms with Crippen LogP contribution in [0.4, 0.5) is 0 Å². The van der Waals surface area contributed by atoms with Crippen molar-refractivity contribution in [1.82, 2.24) is 4.98 Å². The first kappa shape index (κ1) is 16.2. The molecule has 0 aliphatic rings. The SMILES string of the molecule is CCc1cc2cc(OCCOC)c(C(C)=O)cc2nc1OC. The van der Waals surface area contributed by atoms with Crippen LogP contribution in [-0.2, 0) is 11.2 Å². The lowest BCUT2D eigenvalue weighted by Crippen LogP contribution is -2.08. The van der Waals surface area contributed by atoms with Crippen molar-refractivity contribution in [3.8, 4) is 11.6 Å². The predicted molar refractivity (Wildman–Crippen MR) is 85.0 cm³/mol. The molecule has 0 amide bonds. The van der Waals surface area contributed by atoms with Gasteiger partial charge in [-0.15, -0.1) is 0 Å². The molecule has 1 heterocycles. The molecule has 0 saturated carbocycles. The van der Waals surface area contributed by atoms with Gasteiger partial charge in [0.05, 0.1) is 24.8 Å². The summed E-state index contributed by atoms with van der Waals surface area (Å²) in [7, 11) is 3.21. The first-order valence-corrected chi connectivity index (χ1v) is 7.25. The molecule has 0 N–H and O–H groups in total. The molecule has 118 valence electrons. The number of aromatic nitrogens is 1. The van der Waals surface area contributed by atoms with Gasteiger partial charge in [0.15, 0.2) is 5.78 Å². The molecule has 0 radical (unpaired) electrons. The molecule has 22 heavy (non-hydrogen) atoms. The fourth-order valence-electron chi connectivity index (χ4n) is 2.29. The molecule has 0 spiro atoms. The van der Waals surface area contributed by atoms with E-state index in [4.69, 9.17) is 14.2 Å². The van der Waals surface area contributed by atoms with Gasteiger partial charge < -0.3 is 14.2 Å². The predicted octanol–water partition coefficient (Wildman–Crippen LogP) is 3.03. The summed E-state index contributed by atoms with van der Waals surface area (Å²) in [5.74, 6) is 1.10. The van der Waals surface area contributed by atoms with Gasteiger partial charge in [-0.2, -0.15) is 0 Å². The van der Waals surface area contributed by atoms with E-state index in [9.17, 15) is 4.79 Å². The number of ether oxygens (including phenoxy) is 3. The van der Waals surface area contributed by atoms with Gasteiger partial charge >= 0.3 is 0 Å². The lowest BCUT2D eigenvalue weighted by molar-refractivity contribution is 0.101. The van der Waals surface area contributed by atoms with Crippen molar-refractivity contribution >= 4 is 16.7 Å². The molecule has 5 heteroatoms. The highest BCUT2D eigenvalue weighted by Crippen LogP contribution is 2.29. The minimum absolute atomic E-state index is 0.0605. The standard InChI is InChI=1S/C17H21NO4/c1-5-12-8-13-9-16(22-7-6-20-3)14(11(2)19)10-15(13)18-17(12)21-4/h8-10H,5-7H2,1-4H3. The quantitative estimate of drug-likeness (QED) is 0.581. The average Bonchev–Trinajstić information content (AvgIpc) is 2.52. The first-order valence-electron chi connectivity index (χ1n) is 7.25. The van der Waals surface area contributed by atoms with E-state index in [0.717, 1.165) is 22.9 Å². The summed E-state index contributed by atoms with van der Waals surface area (Å²) < 4.78 is 16.0. The van der Waals surface area contributed by atoms with Crippen LogP contribution in [-0.4, -0.2) is 38.2 Å². The Morgan fingerprint density at radius 3 is 2.55 bits per heavy atom. The fourth-order valence-corrected chi connectivity index (χ4v) is 2.29. The van der Waals surface area contributed by atoms with Gasteiger partial charge in [-0.1, -0.05) is 6.92 Å². The van der Waals surface area contributed by atoms with Gasteiger partial charge in [0, 0.05) is 18.1 Å². The van der Waals surface area contributed by atoms with Crippen molar-refractivity contribution in [3.63, 3.8) is 0 Å². The molecule has 0 saturated heterocycles. The van der Waals surface area contributed by atoms with E-state index >= 15 is 0 Å². The van der Waals surface area contributed by atoms with Gasteiger partial charge in [-0.05, 0) is 31.5 Å². The van der Waals surface area contributed by atoms with Crippen LogP contribution in [0.2, 0.25) is 0 Å². The number of methoxy groups -OCH3 is 2. The number of benzene rings is 1. The third kappa shape index (κ3) is 3.36. The molecule has 0 aliphatic heterocycles. The second-order valence-electron chi connectivity index (χ2n) is 4.95. The third-order valence-electron chi connectivity index (χ3n) is 3.45. The number of fused-ring (bicyclic) bond motifs is 1. The molecule has 0 atom stereocenters. The summed E-state index contributed by atoms with van der Waals surface area (Å²) in [6.07, 6.45) is 0.820. The number of Topliss-reactive ketones (excluding diaryl/α,β-unsaturated/α-hetero) is 1. The molecule has 1 aromatic carbocycles. The van der Waals surface area contributed by atoms with E-state index in [1.807, 2.05) is 19.1 Å². The van der Waals surface area contributed by atoms with Crippen LogP contribution in [0.3, 0.4) is 0 Å². The molecule has 0 fully saturated rings. The van der Waals surface area contributed by atoms with Crippen molar-refractivity contribution in [3.05, 3.63) is 29.3 Å². The van der Waals surface area contributed by atoms with Crippen LogP contribution in [0.25, 0.3) is 10.9 Å². The Morgan fingerprint density at radius 1 is 1.18 bits per heavy atom. The van der Waals surface area contributed by atoms with E-state index in [1.165, 1.54) is 6.92 Å². The topological polar surface area (TPSA) is 57.7 Å². The summed E-state index contributed by atoms with van der Waals surface area (Å²) in [4.78, 5) is 16.3. The van der Waals surface area contributed by atoms with E-state index in [0.29, 0.717) is 30.4 Å². The molecule has 2 aromatic rings. The van der Waals surface area contributed by atoms with Crippen LogP contribution in [0.15, 0.2) is 18.2 Å². The zero-order valence-electron chi connectivity index (χ0n) is 13.4. The Kier molecular flexibility index (Phi) is 5.33. The summed E-state index contributed by atoms with van der Waals surface area (Å²) in [5, 5.41) is 0.926. The maximum Gasteiger partial charge on any atom is 0.216 e. The Hall–Kier alpha value is -2.14. The second-order valence-corrected chi connectivity index (χ2v) is 4.95. The Labute approximate surface area is 130 Å². The van der Waals surface area contributed by atoms with E-state index in [2.05, 4.69) is 4.98 Å². The molecule has 0 unspecified atom stereocenters. The number of pyridine rings is 1. The molecule has 0 aliphatic carbocycles. The lowest BCUT2D eigenvalue weighted by atomic mass is 10.0. The zero-order valence-corrected chi connectivity index (χ0v) is 13.4. The van der Waals surface area contributed by atoms with Crippen LogP contribution >= 0.6 is 0 Å². The summed E-state index contributed by atoms with van der Waals surface area (Å²) in [6.45, 7) is 4.43. The molecule has 0 bridgehead atoms. The number of ketones is 1. The normalized spacial score (nSPS) is 10.7. The van der Waals surface area contributed by atoms with E-state index in [1.54, 1.807) is 20.3 Å². The Balaban J connectivity index is 2.53. The summed E-state index contributed by atoms with van der Waals surface area (Å²) >= 11 is 0. The molecule has 2 rings (SSSR count). The van der Waals surface area contributed by atoms with Crippen LogP contribution < -0.4 is 9.47 Å². The maximum atomic E-state index is 11.8. The van der Waals surface area contributed by atoms with Gasteiger partial charge in [-0.25, -0.2) is 4.98 Å². The summed E-state index contributed by atoms with van der Waals surface area (Å²) in [6, 6.07) is 5.63. The minimum Gasteiger partial charge on any atom is -0.490 e. The number of rotatable bonds is 7. The Morgan fingerprint density at radius 2 is 1.95 bits per heavy atom. The number of carbonyl (C=O) groups excluding carboxylic acids is 1. The van der Waals surface area contributed by atoms with Crippen molar-refractivity contribution < 1.29 is 19.0 Å². The van der Waals surface area contributed by atoms with Gasteiger partial charge in [-0.3, -0.25) is 4.79 Å². The number of hydrogen-bond donors (Lipinski definition) is 0. The number of nitrogens with zero attached hydrogens (tertiary/aromatic N) is 1. The highest BCUT2D eigenvalue weighted by molar-refractivity contribution is 6.01. The molecule has 5 nitrogen and oxygen atoms in total. The number of aryl methyl sites for hydroxylation is 1. The van der Waals surface area contributed by atoms with Crippen LogP contribution in [0, 0.1) is 0 Å². The second kappa shape index (κ2) is 7.22. The van der Waals surface area contributed by atoms with Gasteiger partial charge in [0.2, 0.25) is 5.88 Å². The van der Waals surface area contributed by atoms with Crippen LogP contribution in [0.5, 0.6) is 11.6 Å². The van der Waals surface area contributed by atoms with Gasteiger partial charge in [0.1, 0.15) is 12.4 Å². The molecular formula is C17H21NO4. The van der Waals surface area contributed by atoms with E-state index in [-0.39, 0.29) is 5.78 Å². The first-order chi connectivity index (χ1) is 10.6. The highest BCUT2D eigenvalue weighted by atomic mass is 16.5. The monoisotopic (exact) mass is 303 g/mol. The third-order valence-corrected chi connectivity index (χ3v) is 3.45. The van der Waals surface area contributed by atoms with Crippen molar-refractivity contribution in [2.45, 2.75) is 20.3 Å². The minimum atomic E-state index is -0.0605. The number of carbonyl (C=O) groups is 1. The largest absolute Gasteiger partial charge is 0.490 e. The lowest BCUT2D eigenvalue weighted by Gasteiger charge is -2.13. The number of hydrogen-bond acceptors (Lipinski definition) is 5. The molecule has 1 aromatic heterocycles. The van der Waals surface area contributed by atoms with E-state index < -0.39 is 0 Å². The zero-order chi connectivity index (χ0) is 16.1. The molecular weight excluding hydrogens is 282 g/mol. The van der Waals surface area contributed by atoms with Gasteiger partial charge in [0.25, 0.3) is 0 Å². The average molecular weight is 303 g/mol. The smallest absolute Gasteiger partial charge is 0.216 e. The van der Waals surface area contributed by atoms with Crippen molar-refractivity contribution in [2.75, 3.05) is 27.4 Å². The van der Waals surface area contributed by atoms with Crippen molar-refractivity contribution in [2.24, 2.45) is 0 Å². The fraction of sp³-hybridized carbons (Fsp3) is 0.412. The summed E-state index contributed by atoms with van der Waals surface area (Å²) in [5.41, 5.74) is 2.26. The Bertz CT molecular complexity index is 682.